The highest BCUT2D eigenvalue weighted by atomic mass is 32.1. The summed E-state index contributed by atoms with van der Waals surface area (Å²) in [7, 11) is 0. The van der Waals surface area contributed by atoms with Crippen LogP contribution in [0.15, 0.2) is 17.5 Å². The summed E-state index contributed by atoms with van der Waals surface area (Å²) in [5.74, 6) is -0.790. The summed E-state index contributed by atoms with van der Waals surface area (Å²) in [6.45, 7) is 1.38. The molecule has 1 saturated heterocycles. The molecule has 0 radical (unpaired) electrons. The lowest BCUT2D eigenvalue weighted by Crippen LogP contribution is -2.46. The molecule has 0 bridgehead atoms. The fourth-order valence-corrected chi connectivity index (χ4v) is 3.04. The number of carboxylic acid groups (broad SMARTS) is 1. The normalized spacial score (nSPS) is 19.0. The number of nitrogens with zero attached hydrogens (tertiary/aromatic N) is 1. The molecule has 0 spiro atoms. The van der Waals surface area contributed by atoms with Gasteiger partial charge >= 0.3 is 5.97 Å². The van der Waals surface area contributed by atoms with Crippen molar-refractivity contribution in [2.24, 2.45) is 0 Å². The molecule has 20 heavy (non-hydrogen) atoms. The first kappa shape index (κ1) is 15.0. The Bertz CT molecular complexity index is 446. The third kappa shape index (κ3) is 4.61. The van der Waals surface area contributed by atoms with E-state index in [1.165, 1.54) is 4.88 Å². The molecular weight excluding hydrogens is 278 g/mol. The zero-order chi connectivity index (χ0) is 14.4. The van der Waals surface area contributed by atoms with Crippen LogP contribution < -0.4 is 0 Å². The van der Waals surface area contributed by atoms with Crippen LogP contribution in [0.5, 0.6) is 0 Å². The van der Waals surface area contributed by atoms with Crippen molar-refractivity contribution in [3.63, 3.8) is 0 Å². The van der Waals surface area contributed by atoms with Crippen molar-refractivity contribution in [1.82, 2.24) is 4.90 Å². The van der Waals surface area contributed by atoms with E-state index in [4.69, 9.17) is 9.84 Å². The van der Waals surface area contributed by atoms with Gasteiger partial charge in [-0.1, -0.05) is 6.07 Å². The molecule has 0 aromatic carbocycles. The van der Waals surface area contributed by atoms with E-state index in [1.807, 2.05) is 11.4 Å². The van der Waals surface area contributed by atoms with Crippen molar-refractivity contribution < 1.29 is 19.4 Å². The number of hydrogen-bond acceptors (Lipinski definition) is 4. The van der Waals surface area contributed by atoms with E-state index < -0.39 is 5.97 Å². The van der Waals surface area contributed by atoms with E-state index in [0.717, 1.165) is 12.8 Å². The van der Waals surface area contributed by atoms with Crippen molar-refractivity contribution in [1.29, 1.82) is 0 Å². The minimum Gasteiger partial charge on any atom is -0.481 e. The van der Waals surface area contributed by atoms with Gasteiger partial charge in [0, 0.05) is 24.4 Å². The molecule has 5 nitrogen and oxygen atoms in total. The Morgan fingerprint density at radius 3 is 3.05 bits per heavy atom. The smallest absolute Gasteiger partial charge is 0.306 e. The highest BCUT2D eigenvalue weighted by Crippen LogP contribution is 2.14. The molecule has 1 aliphatic heterocycles. The maximum atomic E-state index is 12.1. The highest BCUT2D eigenvalue weighted by Gasteiger charge is 2.25. The second-order valence-corrected chi connectivity index (χ2v) is 5.90. The van der Waals surface area contributed by atoms with Gasteiger partial charge < -0.3 is 14.7 Å². The highest BCUT2D eigenvalue weighted by molar-refractivity contribution is 7.09. The third-order valence-electron chi connectivity index (χ3n) is 3.29. The Kier molecular flexibility index (Phi) is 5.55. The molecule has 1 aliphatic rings. The van der Waals surface area contributed by atoms with Crippen LogP contribution in [0.25, 0.3) is 0 Å². The van der Waals surface area contributed by atoms with Crippen LogP contribution in [0, 0.1) is 0 Å². The van der Waals surface area contributed by atoms with Gasteiger partial charge in [-0.05, 0) is 24.3 Å². The minimum absolute atomic E-state index is 0.0427. The molecule has 0 aliphatic carbocycles. The number of amides is 1. The van der Waals surface area contributed by atoms with Gasteiger partial charge in [0.05, 0.1) is 19.1 Å². The van der Waals surface area contributed by atoms with Crippen molar-refractivity contribution >= 4 is 23.2 Å². The van der Waals surface area contributed by atoms with E-state index in [-0.39, 0.29) is 18.4 Å². The van der Waals surface area contributed by atoms with Crippen molar-refractivity contribution in [2.75, 3.05) is 19.7 Å². The van der Waals surface area contributed by atoms with Crippen LogP contribution in [0.1, 0.15) is 24.1 Å². The number of carbonyl (C=O) groups is 2. The predicted octanol–water partition coefficient (Wildman–Crippen LogP) is 1.77. The molecule has 1 N–H and O–H groups in total. The van der Waals surface area contributed by atoms with E-state index in [1.54, 1.807) is 16.2 Å². The standard InChI is InChI=1S/C14H19NO4S/c16-13(5-1-3-12-4-2-8-20-12)15-6-7-19-11(10-15)9-14(17)18/h2,4,8,11H,1,3,5-7,9-10H2,(H,17,18). The number of carboxylic acids is 1. The van der Waals surface area contributed by atoms with Crippen LogP contribution in [-0.4, -0.2) is 47.7 Å². The molecule has 1 atom stereocenters. The minimum atomic E-state index is -0.887. The van der Waals surface area contributed by atoms with Crippen molar-refractivity contribution in [3.8, 4) is 0 Å². The number of ether oxygens (including phenoxy) is 1. The number of thiophene rings is 1. The van der Waals surface area contributed by atoms with E-state index >= 15 is 0 Å². The first-order valence-electron chi connectivity index (χ1n) is 6.78. The first-order valence-corrected chi connectivity index (χ1v) is 7.66. The van der Waals surface area contributed by atoms with Crippen LogP contribution in [0.4, 0.5) is 0 Å². The lowest BCUT2D eigenvalue weighted by molar-refractivity contribution is -0.147. The molecule has 1 fully saturated rings. The van der Waals surface area contributed by atoms with Gasteiger partial charge in [0.2, 0.25) is 5.91 Å². The zero-order valence-corrected chi connectivity index (χ0v) is 12.1. The molecule has 110 valence electrons. The van der Waals surface area contributed by atoms with E-state index in [9.17, 15) is 9.59 Å². The monoisotopic (exact) mass is 297 g/mol. The number of aryl methyl sites for hydroxylation is 1. The summed E-state index contributed by atoms with van der Waals surface area (Å²) in [5.41, 5.74) is 0. The second kappa shape index (κ2) is 7.40. The third-order valence-corrected chi connectivity index (χ3v) is 4.22. The summed E-state index contributed by atoms with van der Waals surface area (Å²) in [5, 5.41) is 10.8. The summed E-state index contributed by atoms with van der Waals surface area (Å²) in [4.78, 5) is 25.8. The van der Waals surface area contributed by atoms with Crippen LogP contribution >= 0.6 is 11.3 Å². The zero-order valence-electron chi connectivity index (χ0n) is 11.3. The molecular formula is C14H19NO4S. The second-order valence-electron chi connectivity index (χ2n) is 4.86. The molecule has 1 aromatic heterocycles. The molecule has 1 amide bonds. The number of morpholine rings is 1. The molecule has 2 heterocycles. The van der Waals surface area contributed by atoms with Gasteiger partial charge in [-0.15, -0.1) is 11.3 Å². The Balaban J connectivity index is 1.72. The number of hydrogen-bond donors (Lipinski definition) is 1. The Morgan fingerprint density at radius 1 is 1.50 bits per heavy atom. The Morgan fingerprint density at radius 2 is 2.35 bits per heavy atom. The molecule has 2 rings (SSSR count). The van der Waals surface area contributed by atoms with Crippen LogP contribution in [0.3, 0.4) is 0 Å². The molecule has 0 saturated carbocycles. The fraction of sp³-hybridized carbons (Fsp3) is 0.571. The van der Waals surface area contributed by atoms with Crippen molar-refractivity contribution in [2.45, 2.75) is 31.8 Å². The summed E-state index contributed by atoms with van der Waals surface area (Å²) >= 11 is 1.71. The summed E-state index contributed by atoms with van der Waals surface area (Å²) < 4.78 is 5.36. The predicted molar refractivity (Wildman–Crippen MR) is 75.8 cm³/mol. The maximum absolute atomic E-state index is 12.1. The quantitative estimate of drug-likeness (QED) is 0.869. The Labute approximate surface area is 122 Å². The molecule has 1 unspecified atom stereocenters. The summed E-state index contributed by atoms with van der Waals surface area (Å²) in [6.07, 6.45) is 1.85. The van der Waals surface area contributed by atoms with E-state index in [0.29, 0.717) is 26.1 Å². The fourth-order valence-electron chi connectivity index (χ4n) is 2.29. The maximum Gasteiger partial charge on any atom is 0.306 e. The van der Waals surface area contributed by atoms with Gasteiger partial charge in [-0.2, -0.15) is 0 Å². The number of rotatable bonds is 6. The average molecular weight is 297 g/mol. The lowest BCUT2D eigenvalue weighted by atomic mass is 10.1. The topological polar surface area (TPSA) is 66.8 Å². The lowest BCUT2D eigenvalue weighted by Gasteiger charge is -2.32. The van der Waals surface area contributed by atoms with Crippen LogP contribution in [0.2, 0.25) is 0 Å². The van der Waals surface area contributed by atoms with E-state index in [2.05, 4.69) is 6.07 Å². The first-order chi connectivity index (χ1) is 9.65. The van der Waals surface area contributed by atoms with Gasteiger partial charge in [0.25, 0.3) is 0 Å². The molecule has 1 aromatic rings. The average Bonchev–Trinajstić information content (AvgIpc) is 2.91. The van der Waals surface area contributed by atoms with Gasteiger partial charge in [0.1, 0.15) is 0 Å². The Hall–Kier alpha value is -1.40. The van der Waals surface area contributed by atoms with Crippen LogP contribution in [-0.2, 0) is 20.7 Å². The summed E-state index contributed by atoms with van der Waals surface area (Å²) in [6, 6.07) is 4.09. The van der Waals surface area contributed by atoms with Gasteiger partial charge in [-0.25, -0.2) is 0 Å². The number of aliphatic carboxylic acids is 1. The largest absolute Gasteiger partial charge is 0.481 e. The van der Waals surface area contributed by atoms with Gasteiger partial charge in [-0.3, -0.25) is 9.59 Å². The number of carbonyl (C=O) groups excluding carboxylic acids is 1. The van der Waals surface area contributed by atoms with Crippen molar-refractivity contribution in [3.05, 3.63) is 22.4 Å². The SMILES string of the molecule is O=C(O)CC1CN(C(=O)CCCc2cccs2)CCO1. The van der Waals surface area contributed by atoms with Gasteiger partial charge in [0.15, 0.2) is 0 Å². The molecule has 6 heteroatoms.